The van der Waals surface area contributed by atoms with Crippen LogP contribution in [0.25, 0.3) is 11.0 Å². The van der Waals surface area contributed by atoms with Crippen molar-refractivity contribution in [2.45, 2.75) is 20.0 Å². The first kappa shape index (κ1) is 19.6. The van der Waals surface area contributed by atoms with Gasteiger partial charge in [0.05, 0.1) is 0 Å². The topological polar surface area (TPSA) is 39.4 Å². The number of fused-ring (bicyclic) bond motifs is 1. The molecule has 5 heteroatoms. The number of aryl methyl sites for hydroxylation is 1. The summed E-state index contributed by atoms with van der Waals surface area (Å²) in [7, 11) is 0. The molecule has 0 N–H and O–H groups in total. The third-order valence-electron chi connectivity index (χ3n) is 4.93. The molecule has 3 aromatic carbocycles. The molecule has 3 nitrogen and oxygen atoms in total. The zero-order chi connectivity index (χ0) is 20.4. The third kappa shape index (κ3) is 4.16. The molecule has 0 atom stereocenters. The van der Waals surface area contributed by atoms with Crippen molar-refractivity contribution in [3.63, 3.8) is 0 Å². The lowest BCUT2D eigenvalue weighted by molar-refractivity contribution is 0.306. The fourth-order valence-electron chi connectivity index (χ4n) is 3.29. The lowest BCUT2D eigenvalue weighted by Crippen LogP contribution is -2.11. The van der Waals surface area contributed by atoms with E-state index < -0.39 is 0 Å². The highest BCUT2D eigenvalue weighted by Gasteiger charge is 2.13. The maximum atomic E-state index is 12.6. The molecule has 146 valence electrons. The number of halogens is 2. The van der Waals surface area contributed by atoms with Crippen LogP contribution in [0.2, 0.25) is 10.0 Å². The molecule has 0 bridgehead atoms. The molecule has 0 aliphatic rings. The van der Waals surface area contributed by atoms with Crippen LogP contribution >= 0.6 is 23.2 Å². The van der Waals surface area contributed by atoms with Crippen molar-refractivity contribution in [3.8, 4) is 5.75 Å². The Morgan fingerprint density at radius 3 is 2.34 bits per heavy atom. The highest BCUT2D eigenvalue weighted by atomic mass is 35.5. The zero-order valence-electron chi connectivity index (χ0n) is 15.7. The van der Waals surface area contributed by atoms with Gasteiger partial charge in [-0.1, -0.05) is 59.6 Å². The first-order valence-corrected chi connectivity index (χ1v) is 9.94. The van der Waals surface area contributed by atoms with Gasteiger partial charge in [0.25, 0.3) is 0 Å². The fraction of sp³-hybridized carbons (Fsp3) is 0.125. The van der Waals surface area contributed by atoms with Crippen LogP contribution in [-0.4, -0.2) is 0 Å². The van der Waals surface area contributed by atoms with E-state index in [0.29, 0.717) is 38.9 Å². The van der Waals surface area contributed by atoms with Gasteiger partial charge in [-0.05, 0) is 42.3 Å². The second-order valence-corrected chi connectivity index (χ2v) is 7.62. The lowest BCUT2D eigenvalue weighted by atomic mass is 10.00. The molecule has 0 amide bonds. The Hall–Kier alpha value is -2.75. The number of benzene rings is 3. The zero-order valence-corrected chi connectivity index (χ0v) is 17.3. The predicted octanol–water partition coefficient (Wildman–Crippen LogP) is 6.58. The highest BCUT2D eigenvalue weighted by Crippen LogP contribution is 2.28. The lowest BCUT2D eigenvalue weighted by Gasteiger charge is -2.11. The number of hydrogen-bond acceptors (Lipinski definition) is 3. The van der Waals surface area contributed by atoms with Crippen LogP contribution in [0, 0.1) is 6.92 Å². The van der Waals surface area contributed by atoms with Gasteiger partial charge in [-0.25, -0.2) is 4.79 Å². The molecule has 0 spiro atoms. The van der Waals surface area contributed by atoms with Crippen molar-refractivity contribution in [1.29, 1.82) is 0 Å². The molecular formula is C24H18Cl2O3. The Balaban J connectivity index is 1.63. The largest absolute Gasteiger partial charge is 0.489 e. The van der Waals surface area contributed by atoms with E-state index in [0.717, 1.165) is 16.5 Å². The standard InChI is InChI=1S/C24H18Cl2O3/c1-15-18-11-10-17(28-14-20-21(25)8-5-9-22(20)26)13-23(18)29-24(27)19(15)12-16-6-3-2-4-7-16/h2-11,13H,12,14H2,1H3. The van der Waals surface area contributed by atoms with E-state index in [1.807, 2.05) is 49.4 Å². The molecule has 4 rings (SSSR count). The Morgan fingerprint density at radius 2 is 1.62 bits per heavy atom. The first-order chi connectivity index (χ1) is 14.0. The van der Waals surface area contributed by atoms with Crippen molar-refractivity contribution >= 4 is 34.2 Å². The van der Waals surface area contributed by atoms with Crippen LogP contribution in [0.1, 0.15) is 22.3 Å². The van der Waals surface area contributed by atoms with Gasteiger partial charge in [-0.15, -0.1) is 0 Å². The summed E-state index contributed by atoms with van der Waals surface area (Å²) in [6.45, 7) is 2.17. The van der Waals surface area contributed by atoms with Crippen LogP contribution in [0.4, 0.5) is 0 Å². The SMILES string of the molecule is Cc1c(Cc2ccccc2)c(=O)oc2cc(OCc3c(Cl)cccc3Cl)ccc12. The van der Waals surface area contributed by atoms with Gasteiger partial charge in [0, 0.05) is 39.0 Å². The van der Waals surface area contributed by atoms with Crippen LogP contribution < -0.4 is 10.4 Å². The van der Waals surface area contributed by atoms with Crippen molar-refractivity contribution in [2.24, 2.45) is 0 Å². The van der Waals surface area contributed by atoms with E-state index in [2.05, 4.69) is 0 Å². The van der Waals surface area contributed by atoms with Gasteiger partial charge in [0.2, 0.25) is 0 Å². The van der Waals surface area contributed by atoms with Crippen molar-refractivity contribution in [2.75, 3.05) is 0 Å². The van der Waals surface area contributed by atoms with Gasteiger partial charge in [0.1, 0.15) is 17.9 Å². The number of rotatable bonds is 5. The second-order valence-electron chi connectivity index (χ2n) is 6.80. The minimum Gasteiger partial charge on any atom is -0.489 e. The molecule has 0 aliphatic carbocycles. The Kier molecular flexibility index (Phi) is 5.61. The summed E-state index contributed by atoms with van der Waals surface area (Å²) in [6.07, 6.45) is 0.536. The summed E-state index contributed by atoms with van der Waals surface area (Å²) in [5.74, 6) is 0.576. The maximum absolute atomic E-state index is 12.6. The molecule has 0 saturated carbocycles. The quantitative estimate of drug-likeness (QED) is 0.339. The molecule has 29 heavy (non-hydrogen) atoms. The summed E-state index contributed by atoms with van der Waals surface area (Å²) >= 11 is 12.4. The maximum Gasteiger partial charge on any atom is 0.340 e. The van der Waals surface area contributed by atoms with E-state index in [1.165, 1.54) is 0 Å². The van der Waals surface area contributed by atoms with E-state index in [9.17, 15) is 4.79 Å². The predicted molar refractivity (Wildman–Crippen MR) is 117 cm³/mol. The highest BCUT2D eigenvalue weighted by molar-refractivity contribution is 6.35. The monoisotopic (exact) mass is 424 g/mol. The second kappa shape index (κ2) is 8.32. The van der Waals surface area contributed by atoms with Crippen LogP contribution in [0.15, 0.2) is 75.9 Å². The number of hydrogen-bond donors (Lipinski definition) is 0. The molecule has 0 fully saturated rings. The van der Waals surface area contributed by atoms with Gasteiger partial charge in [-0.2, -0.15) is 0 Å². The third-order valence-corrected chi connectivity index (χ3v) is 5.64. The Morgan fingerprint density at radius 1 is 0.897 bits per heavy atom. The van der Waals surface area contributed by atoms with Crippen molar-refractivity contribution in [3.05, 3.63) is 109 Å². The summed E-state index contributed by atoms with van der Waals surface area (Å²) in [5, 5.41) is 1.98. The summed E-state index contributed by atoms with van der Waals surface area (Å²) in [6, 6.07) is 20.7. The Labute approximate surface area is 178 Å². The van der Waals surface area contributed by atoms with Gasteiger partial charge >= 0.3 is 5.63 Å². The molecule has 0 radical (unpaired) electrons. The molecule has 0 aliphatic heterocycles. The van der Waals surface area contributed by atoms with Crippen molar-refractivity contribution < 1.29 is 9.15 Å². The first-order valence-electron chi connectivity index (χ1n) is 9.19. The van der Waals surface area contributed by atoms with Gasteiger partial charge in [-0.3, -0.25) is 0 Å². The molecule has 0 saturated heterocycles. The fourth-order valence-corrected chi connectivity index (χ4v) is 3.80. The summed E-state index contributed by atoms with van der Waals surface area (Å²) in [5.41, 5.74) is 3.53. The average molecular weight is 425 g/mol. The molecule has 1 heterocycles. The van der Waals surface area contributed by atoms with Crippen molar-refractivity contribution in [1.82, 2.24) is 0 Å². The minimum absolute atomic E-state index is 0.222. The molecule has 4 aromatic rings. The Bertz CT molecular complexity index is 1210. The van der Waals surface area contributed by atoms with Gasteiger partial charge in [0.15, 0.2) is 0 Å². The van der Waals surface area contributed by atoms with E-state index in [1.54, 1.807) is 24.3 Å². The van der Waals surface area contributed by atoms with E-state index in [4.69, 9.17) is 32.4 Å². The normalized spacial score (nSPS) is 11.0. The smallest absolute Gasteiger partial charge is 0.340 e. The van der Waals surface area contributed by atoms with Crippen LogP contribution in [0.5, 0.6) is 5.75 Å². The van der Waals surface area contributed by atoms with Crippen LogP contribution in [0.3, 0.4) is 0 Å². The average Bonchev–Trinajstić information content (AvgIpc) is 2.71. The molecule has 0 unspecified atom stereocenters. The van der Waals surface area contributed by atoms with E-state index >= 15 is 0 Å². The summed E-state index contributed by atoms with van der Waals surface area (Å²) in [4.78, 5) is 12.6. The van der Waals surface area contributed by atoms with E-state index in [-0.39, 0.29) is 12.2 Å². The molecular weight excluding hydrogens is 407 g/mol. The van der Waals surface area contributed by atoms with Gasteiger partial charge < -0.3 is 9.15 Å². The number of ether oxygens (including phenoxy) is 1. The minimum atomic E-state index is -0.329. The molecule has 1 aromatic heterocycles. The summed E-state index contributed by atoms with van der Waals surface area (Å²) < 4.78 is 11.4. The van der Waals surface area contributed by atoms with Crippen LogP contribution in [-0.2, 0) is 13.0 Å².